The number of aromatic nitrogens is 2. The third-order valence-electron chi connectivity index (χ3n) is 6.56. The number of carbonyl (C=O) groups excluding carboxylic acids is 1. The highest BCUT2D eigenvalue weighted by Gasteiger charge is 2.31. The van der Waals surface area contributed by atoms with E-state index in [4.69, 9.17) is 14.2 Å². The molecule has 0 radical (unpaired) electrons. The number of carbonyl (C=O) groups is 1. The Kier molecular flexibility index (Phi) is 7.89. The van der Waals surface area contributed by atoms with E-state index in [0.717, 1.165) is 36.5 Å². The van der Waals surface area contributed by atoms with Gasteiger partial charge in [-0.15, -0.1) is 0 Å². The van der Waals surface area contributed by atoms with E-state index in [2.05, 4.69) is 4.90 Å². The molecule has 38 heavy (non-hydrogen) atoms. The van der Waals surface area contributed by atoms with Gasteiger partial charge in [0.2, 0.25) is 0 Å². The zero-order chi connectivity index (χ0) is 26.3. The smallest absolute Gasteiger partial charge is 0.337 e. The van der Waals surface area contributed by atoms with Gasteiger partial charge in [-0.05, 0) is 87.0 Å². The Morgan fingerprint density at radius 3 is 2.08 bits per heavy atom. The minimum absolute atomic E-state index is 0.150. The van der Waals surface area contributed by atoms with Crippen molar-refractivity contribution in [2.75, 3.05) is 26.3 Å². The number of ether oxygens (including phenoxy) is 3. The van der Waals surface area contributed by atoms with Crippen molar-refractivity contribution >= 4 is 5.97 Å². The minimum atomic E-state index is -0.176. The molecule has 5 rings (SSSR count). The molecule has 8 nitrogen and oxygen atoms in total. The standard InChI is InChI=1S/C30H31N3O5/c1-2-36-29(34)28-9-6-18-31(28)21-22-37-25-14-10-23(11-15-25)32-19-20-33(30(32)35)24-12-16-27(17-13-24)38-26-7-4-3-5-8-26/h3-5,7-8,10-17,19-20,28H,2,6,9,18,21-22H2,1H3/t28-/m0/s1. The lowest BCUT2D eigenvalue weighted by Gasteiger charge is -2.22. The molecule has 1 atom stereocenters. The zero-order valence-electron chi connectivity index (χ0n) is 21.4. The first kappa shape index (κ1) is 25.4. The maximum Gasteiger partial charge on any atom is 0.337 e. The second-order valence-corrected chi connectivity index (χ2v) is 9.02. The lowest BCUT2D eigenvalue weighted by Crippen LogP contribution is -2.39. The summed E-state index contributed by atoms with van der Waals surface area (Å²) in [4.78, 5) is 27.3. The van der Waals surface area contributed by atoms with Crippen LogP contribution in [0.15, 0.2) is 96.1 Å². The van der Waals surface area contributed by atoms with Crippen LogP contribution in [-0.2, 0) is 9.53 Å². The van der Waals surface area contributed by atoms with E-state index in [1.165, 1.54) is 0 Å². The molecular weight excluding hydrogens is 482 g/mol. The van der Waals surface area contributed by atoms with Crippen LogP contribution >= 0.6 is 0 Å². The zero-order valence-corrected chi connectivity index (χ0v) is 21.4. The molecule has 8 heteroatoms. The van der Waals surface area contributed by atoms with E-state index in [-0.39, 0.29) is 17.7 Å². The van der Waals surface area contributed by atoms with E-state index in [9.17, 15) is 9.59 Å². The van der Waals surface area contributed by atoms with Crippen LogP contribution in [0.3, 0.4) is 0 Å². The number of likely N-dealkylation sites (tertiary alicyclic amines) is 1. The van der Waals surface area contributed by atoms with Crippen molar-refractivity contribution in [1.29, 1.82) is 0 Å². The lowest BCUT2D eigenvalue weighted by molar-refractivity contribution is -0.148. The maximum absolute atomic E-state index is 13.1. The second-order valence-electron chi connectivity index (χ2n) is 9.02. The molecule has 1 fully saturated rings. The third-order valence-corrected chi connectivity index (χ3v) is 6.56. The first-order valence-corrected chi connectivity index (χ1v) is 12.9. The fourth-order valence-corrected chi connectivity index (χ4v) is 4.65. The molecule has 3 aromatic carbocycles. The average Bonchev–Trinajstić information content (AvgIpc) is 3.57. The summed E-state index contributed by atoms with van der Waals surface area (Å²) in [6, 6.07) is 24.2. The Morgan fingerprint density at radius 1 is 0.842 bits per heavy atom. The van der Waals surface area contributed by atoms with Crippen LogP contribution < -0.4 is 15.2 Å². The molecule has 0 saturated carbocycles. The van der Waals surface area contributed by atoms with Crippen molar-refractivity contribution in [1.82, 2.24) is 14.0 Å². The molecule has 1 saturated heterocycles. The number of para-hydroxylation sites is 1. The van der Waals surface area contributed by atoms with E-state index < -0.39 is 0 Å². The fourth-order valence-electron chi connectivity index (χ4n) is 4.65. The fraction of sp³-hybridized carbons (Fsp3) is 0.267. The first-order chi connectivity index (χ1) is 18.6. The summed E-state index contributed by atoms with van der Waals surface area (Å²) >= 11 is 0. The number of imidazole rings is 1. The second kappa shape index (κ2) is 11.8. The molecule has 4 aromatic rings. The summed E-state index contributed by atoms with van der Waals surface area (Å²) in [5, 5.41) is 0. The van der Waals surface area contributed by atoms with Gasteiger partial charge in [0, 0.05) is 18.9 Å². The van der Waals surface area contributed by atoms with E-state index in [1.807, 2.05) is 85.8 Å². The van der Waals surface area contributed by atoms with Crippen LogP contribution in [0.5, 0.6) is 17.2 Å². The van der Waals surface area contributed by atoms with Gasteiger partial charge in [0.25, 0.3) is 0 Å². The van der Waals surface area contributed by atoms with Crippen molar-refractivity contribution in [2.24, 2.45) is 0 Å². The van der Waals surface area contributed by atoms with Gasteiger partial charge >= 0.3 is 11.7 Å². The number of esters is 1. The van der Waals surface area contributed by atoms with Crippen LogP contribution in [0.2, 0.25) is 0 Å². The number of benzene rings is 3. The van der Waals surface area contributed by atoms with Gasteiger partial charge in [0.1, 0.15) is 29.9 Å². The van der Waals surface area contributed by atoms with Gasteiger partial charge in [-0.25, -0.2) is 4.79 Å². The van der Waals surface area contributed by atoms with Crippen LogP contribution in [0.4, 0.5) is 0 Å². The number of hydrogen-bond donors (Lipinski definition) is 0. The van der Waals surface area contributed by atoms with Crippen LogP contribution in [-0.4, -0.2) is 52.3 Å². The normalized spacial score (nSPS) is 15.3. The van der Waals surface area contributed by atoms with Crippen LogP contribution in [0, 0.1) is 0 Å². The SMILES string of the molecule is CCOC(=O)[C@@H]1CCCN1CCOc1ccc(-n2ccn(-c3ccc(Oc4ccccc4)cc3)c2=O)cc1. The van der Waals surface area contributed by atoms with Gasteiger partial charge in [-0.1, -0.05) is 18.2 Å². The largest absolute Gasteiger partial charge is 0.492 e. The van der Waals surface area contributed by atoms with Crippen molar-refractivity contribution in [3.05, 3.63) is 102 Å². The summed E-state index contributed by atoms with van der Waals surface area (Å²) in [5.74, 6) is 2.02. The lowest BCUT2D eigenvalue weighted by atomic mass is 10.2. The summed E-state index contributed by atoms with van der Waals surface area (Å²) in [6.45, 7) is 4.22. The molecule has 0 aliphatic carbocycles. The highest BCUT2D eigenvalue weighted by molar-refractivity contribution is 5.76. The van der Waals surface area contributed by atoms with Crippen molar-refractivity contribution in [3.63, 3.8) is 0 Å². The molecule has 1 aliphatic rings. The predicted octanol–water partition coefficient (Wildman–Crippen LogP) is 4.83. The summed E-state index contributed by atoms with van der Waals surface area (Å²) < 4.78 is 20.1. The quantitative estimate of drug-likeness (QED) is 0.283. The highest BCUT2D eigenvalue weighted by Crippen LogP contribution is 2.23. The molecule has 0 unspecified atom stereocenters. The van der Waals surface area contributed by atoms with Crippen LogP contribution in [0.1, 0.15) is 19.8 Å². The van der Waals surface area contributed by atoms with E-state index in [0.29, 0.717) is 31.3 Å². The van der Waals surface area contributed by atoms with Crippen molar-refractivity contribution < 1.29 is 19.0 Å². The van der Waals surface area contributed by atoms with Gasteiger partial charge < -0.3 is 14.2 Å². The van der Waals surface area contributed by atoms with Gasteiger partial charge in [0.05, 0.1) is 18.0 Å². The van der Waals surface area contributed by atoms with Crippen LogP contribution in [0.25, 0.3) is 11.4 Å². The van der Waals surface area contributed by atoms with Crippen molar-refractivity contribution in [2.45, 2.75) is 25.8 Å². The topological polar surface area (TPSA) is 74.9 Å². The molecule has 0 spiro atoms. The Hall–Kier alpha value is -4.30. The molecule has 0 amide bonds. The highest BCUT2D eigenvalue weighted by atomic mass is 16.5. The van der Waals surface area contributed by atoms with Gasteiger partial charge in [-0.2, -0.15) is 0 Å². The molecular formula is C30H31N3O5. The summed E-state index contributed by atoms with van der Waals surface area (Å²) in [6.07, 6.45) is 5.30. The number of rotatable bonds is 10. The first-order valence-electron chi connectivity index (χ1n) is 12.9. The molecule has 1 aliphatic heterocycles. The number of nitrogens with zero attached hydrogens (tertiary/aromatic N) is 3. The molecule has 2 heterocycles. The maximum atomic E-state index is 13.1. The van der Waals surface area contributed by atoms with E-state index >= 15 is 0 Å². The van der Waals surface area contributed by atoms with Gasteiger partial charge in [0.15, 0.2) is 0 Å². The predicted molar refractivity (Wildman–Crippen MR) is 145 cm³/mol. The molecule has 196 valence electrons. The number of hydrogen-bond acceptors (Lipinski definition) is 6. The van der Waals surface area contributed by atoms with E-state index in [1.54, 1.807) is 21.5 Å². The van der Waals surface area contributed by atoms with Gasteiger partial charge in [-0.3, -0.25) is 18.8 Å². The average molecular weight is 514 g/mol. The monoisotopic (exact) mass is 513 g/mol. The molecule has 1 aromatic heterocycles. The van der Waals surface area contributed by atoms with Crippen molar-refractivity contribution in [3.8, 4) is 28.6 Å². The molecule has 0 N–H and O–H groups in total. The Labute approximate surface area is 221 Å². The Bertz CT molecular complexity index is 1390. The summed E-state index contributed by atoms with van der Waals surface area (Å²) in [5.41, 5.74) is 1.32. The third kappa shape index (κ3) is 5.81. The minimum Gasteiger partial charge on any atom is -0.492 e. The Balaban J connectivity index is 1.19. The Morgan fingerprint density at radius 2 is 1.45 bits per heavy atom. The molecule has 0 bridgehead atoms. The summed E-state index contributed by atoms with van der Waals surface area (Å²) in [7, 11) is 0.